The smallest absolute Gasteiger partial charge is 0.419 e. The Bertz CT molecular complexity index is 830. The molecule has 0 saturated carbocycles. The molecular weight excluding hydrogens is 363 g/mol. The average molecular weight is 381 g/mol. The van der Waals surface area contributed by atoms with E-state index < -0.39 is 41.4 Å². The number of carboxylic acid groups (broad SMARTS) is 1. The highest BCUT2D eigenvalue weighted by molar-refractivity contribution is 5.92. The number of aliphatic carboxylic acids is 1. The van der Waals surface area contributed by atoms with Crippen molar-refractivity contribution in [3.8, 4) is 5.75 Å². The minimum Gasteiger partial charge on any atom is -0.483 e. The standard InChI is InChI=1S/C19H18F3NO4/c1-18(2,17(25)26)12-7-9-13(10-8-12)23-16(24)11-27-15-6-4-3-5-14(15)19(20,21)22/h3-10H,11H2,1-2H3,(H,23,24)(H,25,26). The normalized spacial score (nSPS) is 11.7. The summed E-state index contributed by atoms with van der Waals surface area (Å²) in [6.45, 7) is 2.50. The highest BCUT2D eigenvalue weighted by Gasteiger charge is 2.34. The number of anilines is 1. The SMILES string of the molecule is CC(C)(C(=O)O)c1ccc(NC(=O)COc2ccccc2C(F)(F)F)cc1. The van der Waals surface area contributed by atoms with E-state index in [1.54, 1.807) is 26.0 Å². The quantitative estimate of drug-likeness (QED) is 0.791. The zero-order chi connectivity index (χ0) is 20.2. The zero-order valence-electron chi connectivity index (χ0n) is 14.6. The van der Waals surface area contributed by atoms with Crippen molar-refractivity contribution in [2.75, 3.05) is 11.9 Å². The molecule has 2 aromatic rings. The number of ether oxygens (including phenoxy) is 1. The number of rotatable bonds is 6. The van der Waals surface area contributed by atoms with Crippen LogP contribution in [-0.2, 0) is 21.2 Å². The first-order chi connectivity index (χ1) is 12.5. The van der Waals surface area contributed by atoms with E-state index in [4.69, 9.17) is 4.74 Å². The van der Waals surface area contributed by atoms with E-state index in [9.17, 15) is 27.9 Å². The number of para-hydroxylation sites is 1. The number of carboxylic acids is 1. The Hall–Kier alpha value is -3.03. The number of halogens is 3. The number of amides is 1. The van der Waals surface area contributed by atoms with Crippen LogP contribution in [0.15, 0.2) is 48.5 Å². The maximum Gasteiger partial charge on any atom is 0.419 e. The van der Waals surface area contributed by atoms with E-state index in [0.29, 0.717) is 11.3 Å². The van der Waals surface area contributed by atoms with Crippen molar-refractivity contribution in [2.45, 2.75) is 25.4 Å². The Morgan fingerprint density at radius 1 is 1.04 bits per heavy atom. The van der Waals surface area contributed by atoms with E-state index >= 15 is 0 Å². The third-order valence-electron chi connectivity index (χ3n) is 3.98. The van der Waals surface area contributed by atoms with Gasteiger partial charge in [0, 0.05) is 5.69 Å². The fourth-order valence-corrected chi connectivity index (χ4v) is 2.26. The molecule has 2 rings (SSSR count). The van der Waals surface area contributed by atoms with Crippen molar-refractivity contribution in [1.82, 2.24) is 0 Å². The Labute approximate surface area is 153 Å². The molecule has 0 aliphatic carbocycles. The van der Waals surface area contributed by atoms with Crippen molar-refractivity contribution >= 4 is 17.6 Å². The van der Waals surface area contributed by atoms with Crippen molar-refractivity contribution in [3.05, 3.63) is 59.7 Å². The number of carbonyl (C=O) groups is 2. The first kappa shape index (κ1) is 20.3. The Balaban J connectivity index is 2.00. The molecule has 0 fully saturated rings. The van der Waals surface area contributed by atoms with Crippen LogP contribution in [0.5, 0.6) is 5.75 Å². The van der Waals surface area contributed by atoms with Gasteiger partial charge in [-0.15, -0.1) is 0 Å². The van der Waals surface area contributed by atoms with Gasteiger partial charge in [-0.1, -0.05) is 24.3 Å². The van der Waals surface area contributed by atoms with Gasteiger partial charge in [0.05, 0.1) is 11.0 Å². The molecule has 8 heteroatoms. The van der Waals surface area contributed by atoms with E-state index in [1.807, 2.05) is 0 Å². The van der Waals surface area contributed by atoms with Crippen LogP contribution in [0.2, 0.25) is 0 Å². The summed E-state index contributed by atoms with van der Waals surface area (Å²) in [5, 5.41) is 11.7. The Morgan fingerprint density at radius 3 is 2.19 bits per heavy atom. The molecule has 0 radical (unpaired) electrons. The average Bonchev–Trinajstić information content (AvgIpc) is 2.60. The van der Waals surface area contributed by atoms with E-state index in [2.05, 4.69) is 5.32 Å². The maximum absolute atomic E-state index is 12.9. The first-order valence-electron chi connectivity index (χ1n) is 7.94. The van der Waals surface area contributed by atoms with Crippen LogP contribution >= 0.6 is 0 Å². The fraction of sp³-hybridized carbons (Fsp3) is 0.263. The lowest BCUT2D eigenvalue weighted by Gasteiger charge is -2.20. The van der Waals surface area contributed by atoms with Crippen LogP contribution in [0.3, 0.4) is 0 Å². The number of hydrogen-bond donors (Lipinski definition) is 2. The van der Waals surface area contributed by atoms with Crippen LogP contribution in [0.25, 0.3) is 0 Å². The number of carbonyl (C=O) groups excluding carboxylic acids is 1. The molecule has 27 heavy (non-hydrogen) atoms. The molecule has 0 bridgehead atoms. The Kier molecular flexibility index (Phi) is 5.78. The molecule has 5 nitrogen and oxygen atoms in total. The number of hydrogen-bond acceptors (Lipinski definition) is 3. The van der Waals surface area contributed by atoms with Gasteiger partial charge >= 0.3 is 12.1 Å². The summed E-state index contributed by atoms with van der Waals surface area (Å²) in [5.41, 5.74) is -1.13. The molecule has 0 saturated heterocycles. The molecule has 2 N–H and O–H groups in total. The fourth-order valence-electron chi connectivity index (χ4n) is 2.26. The van der Waals surface area contributed by atoms with Crippen molar-refractivity contribution in [1.29, 1.82) is 0 Å². The van der Waals surface area contributed by atoms with Crippen molar-refractivity contribution < 1.29 is 32.6 Å². The summed E-state index contributed by atoms with van der Waals surface area (Å²) in [5.74, 6) is -2.06. The van der Waals surface area contributed by atoms with Crippen molar-refractivity contribution in [3.63, 3.8) is 0 Å². The second-order valence-corrected chi connectivity index (χ2v) is 6.34. The molecule has 0 unspecified atom stereocenters. The predicted octanol–water partition coefficient (Wildman–Crippen LogP) is 4.09. The van der Waals surface area contributed by atoms with Crippen LogP contribution < -0.4 is 10.1 Å². The molecule has 144 valence electrons. The summed E-state index contributed by atoms with van der Waals surface area (Å²) in [6.07, 6.45) is -4.58. The molecule has 0 aliphatic rings. The maximum atomic E-state index is 12.9. The molecule has 0 aromatic heterocycles. The van der Waals surface area contributed by atoms with Gasteiger partial charge < -0.3 is 15.2 Å². The van der Waals surface area contributed by atoms with Crippen LogP contribution in [0.1, 0.15) is 25.0 Å². The molecular formula is C19H18F3NO4. The third-order valence-corrected chi connectivity index (χ3v) is 3.98. The van der Waals surface area contributed by atoms with Gasteiger partial charge in [-0.2, -0.15) is 13.2 Å². The van der Waals surface area contributed by atoms with Crippen LogP contribution in [-0.4, -0.2) is 23.6 Å². The molecule has 0 spiro atoms. The number of alkyl halides is 3. The Morgan fingerprint density at radius 2 is 1.63 bits per heavy atom. The predicted molar refractivity (Wildman–Crippen MR) is 92.7 cm³/mol. The van der Waals surface area contributed by atoms with Crippen LogP contribution in [0, 0.1) is 0 Å². The van der Waals surface area contributed by atoms with Gasteiger partial charge in [-0.25, -0.2) is 0 Å². The molecule has 0 heterocycles. The van der Waals surface area contributed by atoms with Gasteiger partial charge in [0.2, 0.25) is 0 Å². The van der Waals surface area contributed by atoms with E-state index in [0.717, 1.165) is 12.1 Å². The van der Waals surface area contributed by atoms with Gasteiger partial charge in [0.1, 0.15) is 5.75 Å². The minimum atomic E-state index is -4.58. The monoisotopic (exact) mass is 381 g/mol. The van der Waals surface area contributed by atoms with Gasteiger partial charge in [0.25, 0.3) is 5.91 Å². The molecule has 2 aromatic carbocycles. The third kappa shape index (κ3) is 4.99. The second kappa shape index (κ2) is 7.69. The summed E-state index contributed by atoms with van der Waals surface area (Å²) in [6, 6.07) is 10.8. The van der Waals surface area contributed by atoms with E-state index in [-0.39, 0.29) is 0 Å². The molecule has 0 atom stereocenters. The summed E-state index contributed by atoms with van der Waals surface area (Å²) in [4.78, 5) is 23.2. The van der Waals surface area contributed by atoms with Gasteiger partial charge in [-0.05, 0) is 43.7 Å². The topological polar surface area (TPSA) is 75.6 Å². The summed E-state index contributed by atoms with van der Waals surface area (Å²) in [7, 11) is 0. The second-order valence-electron chi connectivity index (χ2n) is 6.34. The van der Waals surface area contributed by atoms with Crippen LogP contribution in [0.4, 0.5) is 18.9 Å². The lowest BCUT2D eigenvalue weighted by atomic mass is 9.85. The highest BCUT2D eigenvalue weighted by Crippen LogP contribution is 2.35. The highest BCUT2D eigenvalue weighted by atomic mass is 19.4. The molecule has 0 aliphatic heterocycles. The summed E-state index contributed by atoms with van der Waals surface area (Å²) < 4.78 is 43.7. The minimum absolute atomic E-state index is 0.373. The zero-order valence-corrected chi connectivity index (χ0v) is 14.6. The number of benzene rings is 2. The van der Waals surface area contributed by atoms with Gasteiger partial charge in [-0.3, -0.25) is 9.59 Å². The molecule has 1 amide bonds. The van der Waals surface area contributed by atoms with E-state index in [1.165, 1.54) is 24.3 Å². The lowest BCUT2D eigenvalue weighted by Crippen LogP contribution is -2.28. The number of nitrogens with one attached hydrogen (secondary N) is 1. The van der Waals surface area contributed by atoms with Gasteiger partial charge in [0.15, 0.2) is 6.61 Å². The summed E-state index contributed by atoms with van der Waals surface area (Å²) >= 11 is 0. The van der Waals surface area contributed by atoms with Crippen molar-refractivity contribution in [2.24, 2.45) is 0 Å². The lowest BCUT2D eigenvalue weighted by molar-refractivity contribution is -0.142. The first-order valence-corrected chi connectivity index (χ1v) is 7.94. The largest absolute Gasteiger partial charge is 0.483 e.